The molecule has 132 valence electrons. The van der Waals surface area contributed by atoms with Crippen molar-refractivity contribution in [2.45, 2.75) is 29.6 Å². The van der Waals surface area contributed by atoms with Gasteiger partial charge in [-0.3, -0.25) is 9.69 Å². The van der Waals surface area contributed by atoms with Gasteiger partial charge in [-0.1, -0.05) is 42.4 Å². The fourth-order valence-corrected chi connectivity index (χ4v) is 4.14. The summed E-state index contributed by atoms with van der Waals surface area (Å²) in [5.74, 6) is 0.729. The molecule has 1 heterocycles. The van der Waals surface area contributed by atoms with E-state index >= 15 is 0 Å². The van der Waals surface area contributed by atoms with Gasteiger partial charge in [-0.25, -0.2) is 0 Å². The summed E-state index contributed by atoms with van der Waals surface area (Å²) < 4.78 is 0. The highest BCUT2D eigenvalue weighted by Gasteiger charge is 2.19. The second kappa shape index (κ2) is 8.75. The summed E-state index contributed by atoms with van der Waals surface area (Å²) in [5.41, 5.74) is 0.859. The molecule has 2 aromatic carbocycles. The molecule has 2 aromatic rings. The number of nitrogens with zero attached hydrogens (tertiary/aromatic N) is 1. The molecule has 3 rings (SSSR count). The van der Waals surface area contributed by atoms with Gasteiger partial charge in [0.2, 0.25) is 5.91 Å². The smallest absolute Gasteiger partial charge is 0.238 e. The maximum absolute atomic E-state index is 12.5. The van der Waals surface area contributed by atoms with Crippen LogP contribution in [0.25, 0.3) is 0 Å². The topological polar surface area (TPSA) is 32.3 Å². The number of anilines is 1. The molecule has 1 saturated heterocycles. The van der Waals surface area contributed by atoms with Crippen molar-refractivity contribution in [3.05, 3.63) is 53.6 Å². The van der Waals surface area contributed by atoms with Gasteiger partial charge in [0.15, 0.2) is 0 Å². The average Bonchev–Trinajstić information content (AvgIpc) is 2.58. The Labute approximate surface area is 158 Å². The molecule has 0 saturated carbocycles. The number of para-hydroxylation sites is 1. The Balaban J connectivity index is 1.64. The predicted octanol–water partition coefficient (Wildman–Crippen LogP) is 5.16. The first-order valence-corrected chi connectivity index (χ1v) is 9.84. The quantitative estimate of drug-likeness (QED) is 0.784. The summed E-state index contributed by atoms with van der Waals surface area (Å²) in [6, 6.07) is 15.6. The Hall–Kier alpha value is -1.49. The maximum Gasteiger partial charge on any atom is 0.238 e. The number of likely N-dealkylation sites (tertiary alicyclic amines) is 1. The average molecular weight is 375 g/mol. The molecule has 1 N–H and O–H groups in total. The van der Waals surface area contributed by atoms with Gasteiger partial charge in [-0.05, 0) is 61.7 Å². The number of benzene rings is 2. The van der Waals surface area contributed by atoms with E-state index in [1.807, 2.05) is 48.5 Å². The van der Waals surface area contributed by atoms with Crippen molar-refractivity contribution in [1.82, 2.24) is 4.90 Å². The van der Waals surface area contributed by atoms with Crippen molar-refractivity contribution in [3.8, 4) is 0 Å². The second-order valence-corrected chi connectivity index (χ2v) is 8.13. The Morgan fingerprint density at radius 3 is 2.76 bits per heavy atom. The number of nitrogens with one attached hydrogen (secondary N) is 1. The number of rotatable bonds is 5. The molecule has 1 aliphatic rings. The predicted molar refractivity (Wildman–Crippen MR) is 105 cm³/mol. The molecule has 0 aliphatic carbocycles. The lowest BCUT2D eigenvalue weighted by molar-refractivity contribution is -0.117. The van der Waals surface area contributed by atoms with Crippen LogP contribution in [0.15, 0.2) is 58.3 Å². The van der Waals surface area contributed by atoms with Crippen molar-refractivity contribution < 1.29 is 4.79 Å². The number of hydrogen-bond acceptors (Lipinski definition) is 3. The third-order valence-corrected chi connectivity index (χ3v) is 5.65. The monoisotopic (exact) mass is 374 g/mol. The van der Waals surface area contributed by atoms with E-state index in [0.717, 1.165) is 33.6 Å². The molecule has 0 spiro atoms. The zero-order valence-electron chi connectivity index (χ0n) is 14.4. The summed E-state index contributed by atoms with van der Waals surface area (Å²) >= 11 is 7.57. The molecule has 1 amide bonds. The van der Waals surface area contributed by atoms with Gasteiger partial charge < -0.3 is 5.32 Å². The molecule has 1 fully saturated rings. The molecule has 1 atom stereocenters. The third-order valence-electron chi connectivity index (χ3n) is 4.31. The number of carbonyl (C=O) groups excluding carboxylic acids is 1. The first kappa shape index (κ1) is 18.3. The summed E-state index contributed by atoms with van der Waals surface area (Å²) in [5, 5.41) is 3.80. The van der Waals surface area contributed by atoms with Gasteiger partial charge in [0.05, 0.1) is 12.2 Å². The molecule has 0 radical (unpaired) electrons. The minimum atomic E-state index is 0.0539. The summed E-state index contributed by atoms with van der Waals surface area (Å²) in [7, 11) is 0. The van der Waals surface area contributed by atoms with Crippen LogP contribution >= 0.6 is 23.4 Å². The number of piperidine rings is 1. The van der Waals surface area contributed by atoms with Crippen LogP contribution in [0, 0.1) is 5.92 Å². The molecule has 0 unspecified atom stereocenters. The van der Waals surface area contributed by atoms with Gasteiger partial charge >= 0.3 is 0 Å². The third kappa shape index (κ3) is 5.50. The molecule has 5 heteroatoms. The van der Waals surface area contributed by atoms with Crippen molar-refractivity contribution in [2.75, 3.05) is 25.0 Å². The number of hydrogen-bond donors (Lipinski definition) is 1. The Morgan fingerprint density at radius 2 is 2.00 bits per heavy atom. The van der Waals surface area contributed by atoms with E-state index in [1.165, 1.54) is 12.8 Å². The first-order chi connectivity index (χ1) is 12.1. The molecule has 0 aromatic heterocycles. The fourth-order valence-electron chi connectivity index (χ4n) is 3.11. The minimum absolute atomic E-state index is 0.0539. The summed E-state index contributed by atoms with van der Waals surface area (Å²) in [4.78, 5) is 16.8. The highest BCUT2D eigenvalue weighted by atomic mass is 35.5. The van der Waals surface area contributed by atoms with Crippen LogP contribution in [-0.4, -0.2) is 30.4 Å². The van der Waals surface area contributed by atoms with Gasteiger partial charge in [-0.2, -0.15) is 0 Å². The SMILES string of the molecule is C[C@@H]1CCCN(CC(=O)Nc2ccccc2Sc2ccc(Cl)cc2)C1. The molecular weight excluding hydrogens is 352 g/mol. The van der Waals surface area contributed by atoms with E-state index in [2.05, 4.69) is 17.1 Å². The van der Waals surface area contributed by atoms with Crippen LogP contribution in [0.5, 0.6) is 0 Å². The van der Waals surface area contributed by atoms with E-state index in [1.54, 1.807) is 11.8 Å². The largest absolute Gasteiger partial charge is 0.324 e. The Bertz CT molecular complexity index is 720. The normalized spacial score (nSPS) is 18.1. The number of carbonyl (C=O) groups is 1. The van der Waals surface area contributed by atoms with E-state index in [9.17, 15) is 4.79 Å². The van der Waals surface area contributed by atoms with Gasteiger partial charge in [0, 0.05) is 21.4 Å². The lowest BCUT2D eigenvalue weighted by atomic mass is 10.0. The van der Waals surface area contributed by atoms with E-state index in [-0.39, 0.29) is 5.91 Å². The zero-order valence-corrected chi connectivity index (χ0v) is 15.9. The van der Waals surface area contributed by atoms with Crippen LogP contribution in [-0.2, 0) is 4.79 Å². The van der Waals surface area contributed by atoms with Crippen LogP contribution < -0.4 is 5.32 Å². The van der Waals surface area contributed by atoms with Crippen LogP contribution in [0.3, 0.4) is 0 Å². The number of halogens is 1. The lowest BCUT2D eigenvalue weighted by Gasteiger charge is -2.30. The Kier molecular flexibility index (Phi) is 6.40. The molecular formula is C20H23ClN2OS. The van der Waals surface area contributed by atoms with Crippen molar-refractivity contribution in [2.24, 2.45) is 5.92 Å². The van der Waals surface area contributed by atoms with Crippen LogP contribution in [0.2, 0.25) is 5.02 Å². The van der Waals surface area contributed by atoms with E-state index < -0.39 is 0 Å². The van der Waals surface area contributed by atoms with Crippen LogP contribution in [0.1, 0.15) is 19.8 Å². The van der Waals surface area contributed by atoms with Gasteiger partial charge in [0.1, 0.15) is 0 Å². The highest BCUT2D eigenvalue weighted by Crippen LogP contribution is 2.33. The maximum atomic E-state index is 12.5. The Morgan fingerprint density at radius 1 is 1.24 bits per heavy atom. The van der Waals surface area contributed by atoms with Crippen molar-refractivity contribution >= 4 is 35.0 Å². The first-order valence-electron chi connectivity index (χ1n) is 8.65. The van der Waals surface area contributed by atoms with E-state index in [0.29, 0.717) is 12.5 Å². The van der Waals surface area contributed by atoms with Crippen molar-refractivity contribution in [3.63, 3.8) is 0 Å². The number of amides is 1. The van der Waals surface area contributed by atoms with Crippen LogP contribution in [0.4, 0.5) is 5.69 Å². The van der Waals surface area contributed by atoms with E-state index in [4.69, 9.17) is 11.6 Å². The standard InChI is InChI=1S/C20H23ClN2OS/c1-15-5-4-12-23(13-15)14-20(24)22-18-6-2-3-7-19(18)25-17-10-8-16(21)9-11-17/h2-3,6-11,15H,4-5,12-14H2,1H3,(H,22,24)/t15-/m1/s1. The van der Waals surface area contributed by atoms with Gasteiger partial charge in [-0.15, -0.1) is 0 Å². The summed E-state index contributed by atoms with van der Waals surface area (Å²) in [6.07, 6.45) is 2.44. The second-order valence-electron chi connectivity index (χ2n) is 6.58. The zero-order chi connectivity index (χ0) is 17.6. The molecule has 25 heavy (non-hydrogen) atoms. The van der Waals surface area contributed by atoms with Crippen molar-refractivity contribution in [1.29, 1.82) is 0 Å². The highest BCUT2D eigenvalue weighted by molar-refractivity contribution is 7.99. The lowest BCUT2D eigenvalue weighted by Crippen LogP contribution is -2.39. The molecule has 0 bridgehead atoms. The van der Waals surface area contributed by atoms with Gasteiger partial charge in [0.25, 0.3) is 0 Å². The molecule has 3 nitrogen and oxygen atoms in total. The summed E-state index contributed by atoms with van der Waals surface area (Å²) in [6.45, 7) is 4.74. The fraction of sp³-hybridized carbons (Fsp3) is 0.350. The molecule has 1 aliphatic heterocycles. The minimum Gasteiger partial charge on any atom is -0.324 e.